The second kappa shape index (κ2) is 2.83. The molecule has 70 valence electrons. The molecule has 0 aromatic carbocycles. The van der Waals surface area contributed by atoms with Crippen molar-refractivity contribution in [3.63, 3.8) is 0 Å². The molecule has 0 unspecified atom stereocenters. The van der Waals surface area contributed by atoms with Gasteiger partial charge in [-0.25, -0.2) is 0 Å². The molecular formula is C7H6O4S2. The van der Waals surface area contributed by atoms with Crippen LogP contribution in [0.25, 0.3) is 10.3 Å². The van der Waals surface area contributed by atoms with E-state index in [9.17, 15) is 8.42 Å². The molecule has 0 spiro atoms. The third kappa shape index (κ3) is 1.37. The van der Waals surface area contributed by atoms with Gasteiger partial charge in [0.15, 0.2) is 4.90 Å². The minimum Gasteiger partial charge on any atom is -0.431 e. The van der Waals surface area contributed by atoms with Gasteiger partial charge in [0.1, 0.15) is 0 Å². The lowest BCUT2D eigenvalue weighted by molar-refractivity contribution is 0.369. The van der Waals surface area contributed by atoms with Crippen LogP contribution in [0.5, 0.6) is 0 Å². The smallest absolute Gasteiger partial charge is 0.330 e. The number of furan rings is 1. The summed E-state index contributed by atoms with van der Waals surface area (Å²) in [5.74, 6) is 0. The predicted octanol–water partition coefficient (Wildman–Crippen LogP) is 1.83. The standard InChI is InChI=1S/C7H6O4S2/c1-10-13(8,9)6-4-5-2-3-12-7(5)11-6/h2-4H,1H3. The van der Waals surface area contributed by atoms with Crippen LogP contribution in [-0.2, 0) is 14.3 Å². The average Bonchev–Trinajstić information content (AvgIpc) is 2.61. The lowest BCUT2D eigenvalue weighted by Gasteiger charge is -1.93. The fourth-order valence-electron chi connectivity index (χ4n) is 0.948. The summed E-state index contributed by atoms with van der Waals surface area (Å²) >= 11 is 1.35. The summed E-state index contributed by atoms with van der Waals surface area (Å²) in [4.78, 5) is 0.593. The quantitative estimate of drug-likeness (QED) is 0.721. The van der Waals surface area contributed by atoms with Gasteiger partial charge in [0.2, 0.25) is 5.09 Å². The molecule has 0 fully saturated rings. The average molecular weight is 218 g/mol. The third-order valence-corrected chi connectivity index (χ3v) is 3.53. The highest BCUT2D eigenvalue weighted by atomic mass is 32.2. The van der Waals surface area contributed by atoms with Crippen molar-refractivity contribution in [2.45, 2.75) is 5.09 Å². The van der Waals surface area contributed by atoms with Crippen LogP contribution in [0.1, 0.15) is 0 Å². The fourth-order valence-corrected chi connectivity index (χ4v) is 2.36. The van der Waals surface area contributed by atoms with E-state index in [0.717, 1.165) is 12.5 Å². The zero-order chi connectivity index (χ0) is 9.47. The van der Waals surface area contributed by atoms with Crippen molar-refractivity contribution in [2.24, 2.45) is 0 Å². The first-order valence-electron chi connectivity index (χ1n) is 3.41. The Hall–Kier alpha value is -0.850. The van der Waals surface area contributed by atoms with Gasteiger partial charge in [-0.1, -0.05) is 0 Å². The van der Waals surface area contributed by atoms with Gasteiger partial charge in [0.05, 0.1) is 7.11 Å². The van der Waals surface area contributed by atoms with Gasteiger partial charge in [-0.3, -0.25) is 4.18 Å². The van der Waals surface area contributed by atoms with E-state index in [1.165, 1.54) is 17.4 Å². The van der Waals surface area contributed by atoms with E-state index < -0.39 is 10.1 Å². The zero-order valence-electron chi connectivity index (χ0n) is 6.68. The normalized spacial score (nSPS) is 12.4. The molecule has 0 aliphatic heterocycles. The van der Waals surface area contributed by atoms with Gasteiger partial charge >= 0.3 is 10.1 Å². The largest absolute Gasteiger partial charge is 0.431 e. The van der Waals surface area contributed by atoms with E-state index >= 15 is 0 Å². The molecule has 2 rings (SSSR count). The van der Waals surface area contributed by atoms with E-state index in [4.69, 9.17) is 4.42 Å². The van der Waals surface area contributed by atoms with E-state index in [-0.39, 0.29) is 5.09 Å². The Balaban J connectivity index is 2.64. The first-order chi connectivity index (χ1) is 6.13. The summed E-state index contributed by atoms with van der Waals surface area (Å²) in [6, 6.07) is 3.24. The van der Waals surface area contributed by atoms with E-state index in [1.807, 2.05) is 5.38 Å². The summed E-state index contributed by atoms with van der Waals surface area (Å²) in [7, 11) is -2.59. The van der Waals surface area contributed by atoms with Crippen LogP contribution < -0.4 is 0 Å². The molecule has 2 aromatic rings. The van der Waals surface area contributed by atoms with E-state index in [2.05, 4.69) is 4.18 Å². The Labute approximate surface area is 78.9 Å². The van der Waals surface area contributed by atoms with Crippen LogP contribution in [0.3, 0.4) is 0 Å². The second-order valence-corrected chi connectivity index (χ2v) is 4.87. The van der Waals surface area contributed by atoms with Crippen molar-refractivity contribution in [1.82, 2.24) is 0 Å². The molecule has 0 radical (unpaired) electrons. The maximum Gasteiger partial charge on any atom is 0.330 e. The van der Waals surface area contributed by atoms with Crippen molar-refractivity contribution < 1.29 is 17.0 Å². The lowest BCUT2D eigenvalue weighted by atomic mass is 10.4. The van der Waals surface area contributed by atoms with Crippen LogP contribution in [0.15, 0.2) is 27.0 Å². The summed E-state index contributed by atoms with van der Waals surface area (Å²) < 4.78 is 31.7. The van der Waals surface area contributed by atoms with Crippen molar-refractivity contribution in [1.29, 1.82) is 0 Å². The minimum absolute atomic E-state index is 0.142. The van der Waals surface area contributed by atoms with Gasteiger partial charge in [0, 0.05) is 11.5 Å². The van der Waals surface area contributed by atoms with Crippen LogP contribution >= 0.6 is 11.3 Å². The summed E-state index contributed by atoms with van der Waals surface area (Å²) in [5.41, 5.74) is 0. The minimum atomic E-state index is -3.69. The Bertz CT molecular complexity index is 491. The number of fused-ring (bicyclic) bond motifs is 1. The third-order valence-electron chi connectivity index (χ3n) is 1.59. The van der Waals surface area contributed by atoms with Crippen molar-refractivity contribution in [3.05, 3.63) is 17.5 Å². The van der Waals surface area contributed by atoms with Crippen molar-refractivity contribution in [3.8, 4) is 0 Å². The first kappa shape index (κ1) is 8.74. The Morgan fingerprint density at radius 3 is 2.92 bits per heavy atom. The van der Waals surface area contributed by atoms with Crippen molar-refractivity contribution >= 4 is 31.7 Å². The molecule has 13 heavy (non-hydrogen) atoms. The van der Waals surface area contributed by atoms with Gasteiger partial charge in [-0.15, -0.1) is 11.3 Å². The fraction of sp³-hybridized carbons (Fsp3) is 0.143. The maximum absolute atomic E-state index is 11.2. The van der Waals surface area contributed by atoms with Crippen LogP contribution in [0, 0.1) is 0 Å². The highest BCUT2D eigenvalue weighted by Crippen LogP contribution is 2.27. The number of thiophene rings is 1. The molecule has 0 saturated carbocycles. The van der Waals surface area contributed by atoms with E-state index in [0.29, 0.717) is 4.90 Å². The highest BCUT2D eigenvalue weighted by Gasteiger charge is 2.18. The summed E-state index contributed by atoms with van der Waals surface area (Å²) in [6.45, 7) is 0. The number of rotatable bonds is 2. The molecule has 2 heterocycles. The Morgan fingerprint density at radius 2 is 2.31 bits per heavy atom. The van der Waals surface area contributed by atoms with Gasteiger partial charge in [-0.2, -0.15) is 8.42 Å². The number of hydrogen-bond acceptors (Lipinski definition) is 5. The SMILES string of the molecule is COS(=O)(=O)c1cc2ccsc2o1. The second-order valence-electron chi connectivity index (χ2n) is 2.35. The monoisotopic (exact) mass is 218 g/mol. The molecule has 0 aliphatic rings. The van der Waals surface area contributed by atoms with Gasteiger partial charge < -0.3 is 4.42 Å². The molecule has 2 aromatic heterocycles. The van der Waals surface area contributed by atoms with Crippen molar-refractivity contribution in [2.75, 3.05) is 7.11 Å². The molecule has 0 amide bonds. The highest BCUT2D eigenvalue weighted by molar-refractivity contribution is 7.86. The Morgan fingerprint density at radius 1 is 1.54 bits per heavy atom. The van der Waals surface area contributed by atoms with Gasteiger partial charge in [0.25, 0.3) is 0 Å². The molecule has 0 saturated heterocycles. The number of hydrogen-bond donors (Lipinski definition) is 0. The molecule has 0 aliphatic carbocycles. The molecule has 6 heteroatoms. The predicted molar refractivity (Wildman–Crippen MR) is 48.3 cm³/mol. The van der Waals surface area contributed by atoms with E-state index in [1.54, 1.807) is 6.07 Å². The van der Waals surface area contributed by atoms with Crippen LogP contribution in [-0.4, -0.2) is 15.5 Å². The summed E-state index contributed by atoms with van der Waals surface area (Å²) in [6.07, 6.45) is 0. The zero-order valence-corrected chi connectivity index (χ0v) is 8.31. The van der Waals surface area contributed by atoms with Crippen LogP contribution in [0.2, 0.25) is 0 Å². The molecule has 0 N–H and O–H groups in total. The molecule has 0 bridgehead atoms. The lowest BCUT2D eigenvalue weighted by Crippen LogP contribution is -2.00. The topological polar surface area (TPSA) is 56.5 Å². The molecular weight excluding hydrogens is 212 g/mol. The summed E-state index contributed by atoms with van der Waals surface area (Å²) in [5, 5.41) is 2.47. The van der Waals surface area contributed by atoms with Gasteiger partial charge in [-0.05, 0) is 11.4 Å². The van der Waals surface area contributed by atoms with Crippen LogP contribution in [0.4, 0.5) is 0 Å². The Kier molecular flexibility index (Phi) is 1.90. The molecule has 0 atom stereocenters. The first-order valence-corrected chi connectivity index (χ1v) is 5.70. The molecule has 4 nitrogen and oxygen atoms in total. The maximum atomic E-state index is 11.2.